The maximum atomic E-state index is 11.5. The average Bonchev–Trinajstić information content (AvgIpc) is 2.63. The molecule has 0 N–H and O–H groups in total. The molecular weight excluding hydrogens is 228 g/mol. The molecule has 0 fully saturated rings. The third kappa shape index (κ3) is 3.30. The van der Waals surface area contributed by atoms with E-state index < -0.39 is 11.9 Å². The standard InChI is InChI=1S/C10H14N2O3S/c1-4-15-10(14)9(13)12(3)5-8-6-16-7(2)11-8/h6H,4-5H2,1-3H3. The minimum absolute atomic E-state index is 0.203. The number of ether oxygens (including phenoxy) is 1. The number of amides is 1. The highest BCUT2D eigenvalue weighted by Crippen LogP contribution is 2.09. The van der Waals surface area contributed by atoms with Crippen molar-refractivity contribution in [2.75, 3.05) is 13.7 Å². The summed E-state index contributed by atoms with van der Waals surface area (Å²) < 4.78 is 4.62. The quantitative estimate of drug-likeness (QED) is 0.585. The van der Waals surface area contributed by atoms with E-state index in [0.717, 1.165) is 10.7 Å². The maximum Gasteiger partial charge on any atom is 0.397 e. The van der Waals surface area contributed by atoms with E-state index in [1.54, 1.807) is 14.0 Å². The van der Waals surface area contributed by atoms with Crippen molar-refractivity contribution in [3.05, 3.63) is 16.1 Å². The van der Waals surface area contributed by atoms with Crippen molar-refractivity contribution in [3.8, 4) is 0 Å². The molecule has 0 saturated carbocycles. The van der Waals surface area contributed by atoms with Crippen LogP contribution in [0.25, 0.3) is 0 Å². The van der Waals surface area contributed by atoms with Crippen LogP contribution in [0.15, 0.2) is 5.38 Å². The Hall–Kier alpha value is -1.43. The molecule has 1 amide bonds. The Morgan fingerprint density at radius 2 is 2.25 bits per heavy atom. The lowest BCUT2D eigenvalue weighted by atomic mass is 10.4. The van der Waals surface area contributed by atoms with E-state index in [2.05, 4.69) is 9.72 Å². The molecule has 1 rings (SSSR count). The van der Waals surface area contributed by atoms with Gasteiger partial charge < -0.3 is 9.64 Å². The number of esters is 1. The molecule has 0 unspecified atom stereocenters. The lowest BCUT2D eigenvalue weighted by Gasteiger charge is -2.14. The van der Waals surface area contributed by atoms with Gasteiger partial charge in [-0.3, -0.25) is 4.79 Å². The highest BCUT2D eigenvalue weighted by molar-refractivity contribution is 7.09. The Morgan fingerprint density at radius 3 is 2.75 bits per heavy atom. The molecule has 0 spiro atoms. The van der Waals surface area contributed by atoms with Crippen molar-refractivity contribution in [3.63, 3.8) is 0 Å². The van der Waals surface area contributed by atoms with Crippen LogP contribution in [0.4, 0.5) is 0 Å². The predicted octanol–water partition coefficient (Wildman–Crippen LogP) is 0.973. The van der Waals surface area contributed by atoms with Gasteiger partial charge in [-0.05, 0) is 13.8 Å². The summed E-state index contributed by atoms with van der Waals surface area (Å²) in [5.74, 6) is -1.47. The summed E-state index contributed by atoms with van der Waals surface area (Å²) in [5, 5.41) is 2.80. The minimum atomic E-state index is -0.822. The van der Waals surface area contributed by atoms with Crippen molar-refractivity contribution in [1.29, 1.82) is 0 Å². The third-order valence-electron chi connectivity index (χ3n) is 1.86. The first-order chi connectivity index (χ1) is 7.54. The zero-order chi connectivity index (χ0) is 12.1. The van der Waals surface area contributed by atoms with Crippen LogP contribution in [-0.4, -0.2) is 35.4 Å². The molecule has 0 aliphatic rings. The largest absolute Gasteiger partial charge is 0.459 e. The smallest absolute Gasteiger partial charge is 0.397 e. The summed E-state index contributed by atoms with van der Waals surface area (Å²) in [7, 11) is 1.55. The van der Waals surface area contributed by atoms with Crippen molar-refractivity contribution in [2.45, 2.75) is 20.4 Å². The van der Waals surface area contributed by atoms with E-state index in [1.165, 1.54) is 16.2 Å². The van der Waals surface area contributed by atoms with Gasteiger partial charge in [-0.15, -0.1) is 11.3 Å². The van der Waals surface area contributed by atoms with Crippen LogP contribution in [0, 0.1) is 6.92 Å². The van der Waals surface area contributed by atoms with E-state index in [4.69, 9.17) is 0 Å². The molecule has 0 aliphatic heterocycles. The number of aromatic nitrogens is 1. The normalized spacial score (nSPS) is 9.94. The number of likely N-dealkylation sites (N-methyl/N-ethyl adjacent to an activating group) is 1. The molecule has 5 nitrogen and oxygen atoms in total. The first-order valence-electron chi connectivity index (χ1n) is 4.87. The summed E-state index contributed by atoms with van der Waals surface area (Å²) >= 11 is 1.51. The molecule has 1 heterocycles. The summed E-state index contributed by atoms with van der Waals surface area (Å²) in [6, 6.07) is 0. The van der Waals surface area contributed by atoms with E-state index in [-0.39, 0.29) is 6.61 Å². The second-order valence-corrected chi connectivity index (χ2v) is 4.30. The molecule has 0 saturated heterocycles. The first kappa shape index (κ1) is 12.6. The average molecular weight is 242 g/mol. The highest BCUT2D eigenvalue weighted by Gasteiger charge is 2.20. The highest BCUT2D eigenvalue weighted by atomic mass is 32.1. The second kappa shape index (κ2) is 5.60. The van der Waals surface area contributed by atoms with Gasteiger partial charge in [-0.25, -0.2) is 9.78 Å². The number of hydrogen-bond acceptors (Lipinski definition) is 5. The molecule has 0 aromatic carbocycles. The number of carbonyl (C=O) groups is 2. The van der Waals surface area contributed by atoms with Crippen LogP contribution in [0.3, 0.4) is 0 Å². The maximum absolute atomic E-state index is 11.5. The van der Waals surface area contributed by atoms with Crippen LogP contribution in [-0.2, 0) is 20.9 Å². The Morgan fingerprint density at radius 1 is 1.56 bits per heavy atom. The summed E-state index contributed by atoms with van der Waals surface area (Å²) in [6.07, 6.45) is 0. The first-order valence-corrected chi connectivity index (χ1v) is 5.75. The van der Waals surface area contributed by atoms with Crippen molar-refractivity contribution in [1.82, 2.24) is 9.88 Å². The summed E-state index contributed by atoms with van der Waals surface area (Å²) in [4.78, 5) is 28.1. The zero-order valence-corrected chi connectivity index (χ0v) is 10.3. The van der Waals surface area contributed by atoms with Crippen molar-refractivity contribution < 1.29 is 14.3 Å². The van der Waals surface area contributed by atoms with Crippen LogP contribution < -0.4 is 0 Å². The van der Waals surface area contributed by atoms with Gasteiger partial charge in [0, 0.05) is 12.4 Å². The molecule has 1 aromatic rings. The molecule has 1 aromatic heterocycles. The number of thiazole rings is 1. The van der Waals surface area contributed by atoms with Crippen LogP contribution >= 0.6 is 11.3 Å². The Kier molecular flexibility index (Phi) is 4.42. The van der Waals surface area contributed by atoms with E-state index in [9.17, 15) is 9.59 Å². The molecule has 0 radical (unpaired) electrons. The van der Waals surface area contributed by atoms with E-state index in [0.29, 0.717) is 6.54 Å². The second-order valence-electron chi connectivity index (χ2n) is 3.24. The summed E-state index contributed by atoms with van der Waals surface area (Å²) in [5.41, 5.74) is 0.780. The Balaban J connectivity index is 2.55. The minimum Gasteiger partial charge on any atom is -0.459 e. The van der Waals surface area contributed by atoms with Gasteiger partial charge in [0.05, 0.1) is 23.9 Å². The number of rotatable bonds is 3. The van der Waals surface area contributed by atoms with E-state index >= 15 is 0 Å². The zero-order valence-electron chi connectivity index (χ0n) is 9.52. The SMILES string of the molecule is CCOC(=O)C(=O)N(C)Cc1csc(C)n1. The number of carbonyl (C=O) groups excluding carboxylic acids is 2. The lowest BCUT2D eigenvalue weighted by molar-refractivity contribution is -0.159. The molecule has 0 bridgehead atoms. The Bertz CT molecular complexity index is 389. The van der Waals surface area contributed by atoms with Gasteiger partial charge in [0.1, 0.15) is 0 Å². The van der Waals surface area contributed by atoms with Gasteiger partial charge in [0.15, 0.2) is 0 Å². The monoisotopic (exact) mass is 242 g/mol. The van der Waals surface area contributed by atoms with Gasteiger partial charge in [-0.2, -0.15) is 0 Å². The van der Waals surface area contributed by atoms with Crippen molar-refractivity contribution >= 4 is 23.2 Å². The number of aryl methyl sites for hydroxylation is 1. The van der Waals surface area contributed by atoms with E-state index in [1.807, 2.05) is 12.3 Å². The number of nitrogens with zero attached hydrogens (tertiary/aromatic N) is 2. The molecule has 6 heteroatoms. The lowest BCUT2D eigenvalue weighted by Crippen LogP contribution is -2.34. The van der Waals surface area contributed by atoms with Gasteiger partial charge in [-0.1, -0.05) is 0 Å². The van der Waals surface area contributed by atoms with Crippen LogP contribution in [0.5, 0.6) is 0 Å². The fourth-order valence-corrected chi connectivity index (χ4v) is 1.75. The van der Waals surface area contributed by atoms with Gasteiger partial charge in [0.25, 0.3) is 0 Å². The molecule has 16 heavy (non-hydrogen) atoms. The van der Waals surface area contributed by atoms with Gasteiger partial charge in [0.2, 0.25) is 0 Å². The topological polar surface area (TPSA) is 59.5 Å². The predicted molar refractivity (Wildman–Crippen MR) is 60.0 cm³/mol. The fourth-order valence-electron chi connectivity index (χ4n) is 1.14. The number of hydrogen-bond donors (Lipinski definition) is 0. The van der Waals surface area contributed by atoms with Crippen LogP contribution in [0.2, 0.25) is 0 Å². The summed E-state index contributed by atoms with van der Waals surface area (Å²) in [6.45, 7) is 4.08. The fraction of sp³-hybridized carbons (Fsp3) is 0.500. The molecule has 0 atom stereocenters. The molecular formula is C10H14N2O3S. The van der Waals surface area contributed by atoms with Crippen LogP contribution in [0.1, 0.15) is 17.6 Å². The molecule has 88 valence electrons. The van der Waals surface area contributed by atoms with Crippen molar-refractivity contribution in [2.24, 2.45) is 0 Å². The van der Waals surface area contributed by atoms with Gasteiger partial charge >= 0.3 is 11.9 Å². The third-order valence-corrected chi connectivity index (χ3v) is 2.68. The Labute approximate surface area is 98.0 Å². The molecule has 0 aliphatic carbocycles.